The van der Waals surface area contributed by atoms with Crippen molar-refractivity contribution in [3.8, 4) is 0 Å². The van der Waals surface area contributed by atoms with E-state index in [0.29, 0.717) is 0 Å². The number of aromatic nitrogens is 3. The van der Waals surface area contributed by atoms with Crippen LogP contribution in [0.25, 0.3) is 0 Å². The van der Waals surface area contributed by atoms with E-state index in [-0.39, 0.29) is 6.10 Å². The van der Waals surface area contributed by atoms with E-state index in [1.807, 2.05) is 23.4 Å². The Morgan fingerprint density at radius 1 is 1.59 bits per heavy atom. The number of morpholine rings is 1. The maximum atomic E-state index is 5.77. The third kappa shape index (κ3) is 3.43. The number of nitrogens with zero attached hydrogens (tertiary/aromatic N) is 4. The molecule has 1 atom stereocenters. The summed E-state index contributed by atoms with van der Waals surface area (Å²) in [4.78, 5) is 2.46. The Hall–Kier alpha value is -0.590. The number of thioether (sulfide) groups is 1. The first-order chi connectivity index (χ1) is 8.31. The first-order valence-corrected chi connectivity index (χ1v) is 7.37. The zero-order chi connectivity index (χ0) is 12.1. The van der Waals surface area contributed by atoms with Gasteiger partial charge in [-0.15, -0.1) is 10.2 Å². The van der Waals surface area contributed by atoms with E-state index in [4.69, 9.17) is 4.74 Å². The van der Waals surface area contributed by atoms with E-state index >= 15 is 0 Å². The third-order valence-electron chi connectivity index (χ3n) is 3.01. The van der Waals surface area contributed by atoms with Gasteiger partial charge >= 0.3 is 0 Å². The molecule has 0 aliphatic carbocycles. The van der Waals surface area contributed by atoms with Gasteiger partial charge in [0.15, 0.2) is 5.82 Å². The second-order valence-electron chi connectivity index (χ2n) is 4.31. The first-order valence-electron chi connectivity index (χ1n) is 5.98. The largest absolute Gasteiger partial charge is 0.368 e. The maximum absolute atomic E-state index is 5.77. The number of aryl methyl sites for hydroxylation is 1. The van der Waals surface area contributed by atoms with Crippen LogP contribution in [-0.4, -0.2) is 57.9 Å². The van der Waals surface area contributed by atoms with E-state index in [2.05, 4.69) is 21.4 Å². The van der Waals surface area contributed by atoms with Gasteiger partial charge in [-0.2, -0.15) is 11.8 Å². The fourth-order valence-electron chi connectivity index (χ4n) is 2.08. The van der Waals surface area contributed by atoms with Crippen LogP contribution in [0.3, 0.4) is 0 Å². The lowest BCUT2D eigenvalue weighted by Gasteiger charge is -2.32. The van der Waals surface area contributed by atoms with E-state index in [9.17, 15) is 0 Å². The molecule has 1 saturated heterocycles. The van der Waals surface area contributed by atoms with E-state index < -0.39 is 0 Å². The average Bonchev–Trinajstić information content (AvgIpc) is 2.76. The summed E-state index contributed by atoms with van der Waals surface area (Å²) < 4.78 is 7.71. The van der Waals surface area contributed by atoms with Crippen molar-refractivity contribution >= 4 is 11.8 Å². The normalized spacial score (nSPS) is 21.9. The highest BCUT2D eigenvalue weighted by molar-refractivity contribution is 7.98. The summed E-state index contributed by atoms with van der Waals surface area (Å²) >= 11 is 1.91. The van der Waals surface area contributed by atoms with Crippen LogP contribution in [0.2, 0.25) is 0 Å². The maximum Gasteiger partial charge on any atom is 0.163 e. The summed E-state index contributed by atoms with van der Waals surface area (Å²) in [5.41, 5.74) is 0. The van der Waals surface area contributed by atoms with Gasteiger partial charge < -0.3 is 9.30 Å². The van der Waals surface area contributed by atoms with Crippen molar-refractivity contribution in [2.75, 3.05) is 38.2 Å². The van der Waals surface area contributed by atoms with Crippen molar-refractivity contribution < 1.29 is 4.74 Å². The van der Waals surface area contributed by atoms with E-state index in [0.717, 1.165) is 32.1 Å². The van der Waals surface area contributed by atoms with Crippen LogP contribution in [0.5, 0.6) is 0 Å². The van der Waals surface area contributed by atoms with Crippen molar-refractivity contribution in [3.05, 3.63) is 12.2 Å². The van der Waals surface area contributed by atoms with Gasteiger partial charge in [-0.05, 0) is 25.0 Å². The minimum Gasteiger partial charge on any atom is -0.368 e. The van der Waals surface area contributed by atoms with Crippen LogP contribution < -0.4 is 0 Å². The molecule has 1 aromatic rings. The smallest absolute Gasteiger partial charge is 0.163 e. The summed E-state index contributed by atoms with van der Waals surface area (Å²) in [6.45, 7) is 3.90. The SMILES string of the molecule is CSCCCN1CCO[C@H](c2nncn2C)C1. The van der Waals surface area contributed by atoms with Gasteiger partial charge in [-0.1, -0.05) is 0 Å². The lowest BCUT2D eigenvalue weighted by Crippen LogP contribution is -2.39. The zero-order valence-corrected chi connectivity index (χ0v) is 11.3. The van der Waals surface area contributed by atoms with Crippen LogP contribution in [0.1, 0.15) is 18.3 Å². The van der Waals surface area contributed by atoms with Crippen LogP contribution >= 0.6 is 11.8 Å². The van der Waals surface area contributed by atoms with E-state index in [1.54, 1.807) is 6.33 Å². The number of ether oxygens (including phenoxy) is 1. The molecule has 5 nitrogen and oxygen atoms in total. The molecule has 0 aromatic carbocycles. The van der Waals surface area contributed by atoms with Gasteiger partial charge in [0.1, 0.15) is 12.4 Å². The summed E-state index contributed by atoms with van der Waals surface area (Å²) in [6, 6.07) is 0. The van der Waals surface area contributed by atoms with Gasteiger partial charge in [-0.3, -0.25) is 4.90 Å². The Labute approximate surface area is 107 Å². The molecule has 0 unspecified atom stereocenters. The molecule has 0 spiro atoms. The Bertz CT molecular complexity index is 344. The van der Waals surface area contributed by atoms with Crippen LogP contribution in [0.15, 0.2) is 6.33 Å². The Morgan fingerprint density at radius 3 is 3.18 bits per heavy atom. The van der Waals surface area contributed by atoms with Crippen LogP contribution in [0, 0.1) is 0 Å². The van der Waals surface area contributed by atoms with Crippen LogP contribution in [-0.2, 0) is 11.8 Å². The predicted molar refractivity (Wildman–Crippen MR) is 69.1 cm³/mol. The van der Waals surface area contributed by atoms with Crippen molar-refractivity contribution in [1.82, 2.24) is 19.7 Å². The molecule has 0 saturated carbocycles. The van der Waals surface area contributed by atoms with Gasteiger partial charge in [0.05, 0.1) is 6.61 Å². The molecule has 1 aliphatic heterocycles. The minimum absolute atomic E-state index is 0.0746. The molecular formula is C11H20N4OS. The molecule has 6 heteroatoms. The van der Waals surface area contributed by atoms with Crippen molar-refractivity contribution in [1.29, 1.82) is 0 Å². The molecular weight excluding hydrogens is 236 g/mol. The van der Waals surface area contributed by atoms with Crippen molar-refractivity contribution in [3.63, 3.8) is 0 Å². The second-order valence-corrected chi connectivity index (χ2v) is 5.29. The first kappa shape index (κ1) is 12.9. The fourth-order valence-corrected chi connectivity index (χ4v) is 2.50. The lowest BCUT2D eigenvalue weighted by atomic mass is 10.2. The fraction of sp³-hybridized carbons (Fsp3) is 0.818. The molecule has 0 radical (unpaired) electrons. The highest BCUT2D eigenvalue weighted by atomic mass is 32.2. The third-order valence-corrected chi connectivity index (χ3v) is 3.70. The molecule has 96 valence electrons. The van der Waals surface area contributed by atoms with Crippen LogP contribution in [0.4, 0.5) is 0 Å². The van der Waals surface area contributed by atoms with Gasteiger partial charge in [0.2, 0.25) is 0 Å². The highest BCUT2D eigenvalue weighted by Gasteiger charge is 2.24. The summed E-state index contributed by atoms with van der Waals surface area (Å²) in [7, 11) is 1.96. The number of hydrogen-bond acceptors (Lipinski definition) is 5. The summed E-state index contributed by atoms with van der Waals surface area (Å²) in [6.07, 6.45) is 5.20. The quantitative estimate of drug-likeness (QED) is 0.734. The number of rotatable bonds is 5. The molecule has 0 bridgehead atoms. The Morgan fingerprint density at radius 2 is 2.47 bits per heavy atom. The summed E-state index contributed by atoms with van der Waals surface area (Å²) in [5, 5.41) is 8.04. The molecule has 2 heterocycles. The second kappa shape index (κ2) is 6.37. The molecule has 0 N–H and O–H groups in total. The monoisotopic (exact) mass is 256 g/mol. The van der Waals surface area contributed by atoms with Gasteiger partial charge in [0.25, 0.3) is 0 Å². The Kier molecular flexibility index (Phi) is 4.82. The summed E-state index contributed by atoms with van der Waals surface area (Å²) in [5.74, 6) is 2.16. The predicted octanol–water partition coefficient (Wildman–Crippen LogP) is 0.942. The minimum atomic E-state index is 0.0746. The van der Waals surface area contributed by atoms with Gasteiger partial charge in [0, 0.05) is 20.1 Å². The Balaban J connectivity index is 1.87. The topological polar surface area (TPSA) is 43.2 Å². The van der Waals surface area contributed by atoms with E-state index in [1.165, 1.54) is 12.2 Å². The molecule has 1 aromatic heterocycles. The molecule has 2 rings (SSSR count). The van der Waals surface area contributed by atoms with Crippen molar-refractivity contribution in [2.24, 2.45) is 7.05 Å². The molecule has 1 aliphatic rings. The standard InChI is InChI=1S/C11H20N4OS/c1-14-9-12-13-11(14)10-8-15(5-6-16-10)4-3-7-17-2/h9-10H,3-8H2,1-2H3/t10-/m0/s1. The zero-order valence-electron chi connectivity index (χ0n) is 10.5. The average molecular weight is 256 g/mol. The molecule has 17 heavy (non-hydrogen) atoms. The molecule has 1 fully saturated rings. The number of hydrogen-bond donors (Lipinski definition) is 0. The molecule has 0 amide bonds. The van der Waals surface area contributed by atoms with Crippen molar-refractivity contribution in [2.45, 2.75) is 12.5 Å². The highest BCUT2D eigenvalue weighted by Crippen LogP contribution is 2.19. The lowest BCUT2D eigenvalue weighted by molar-refractivity contribution is -0.0354. The van der Waals surface area contributed by atoms with Gasteiger partial charge in [-0.25, -0.2) is 0 Å².